The van der Waals surface area contributed by atoms with Crippen molar-refractivity contribution in [1.82, 2.24) is 10.2 Å². The number of nitrogens with two attached hydrogens (primary N) is 1. The molecule has 1 atom stereocenters. The van der Waals surface area contributed by atoms with Crippen molar-refractivity contribution in [2.24, 2.45) is 5.73 Å². The highest BCUT2D eigenvalue weighted by molar-refractivity contribution is 6.32. The lowest BCUT2D eigenvalue weighted by molar-refractivity contribution is 0.340. The van der Waals surface area contributed by atoms with Gasteiger partial charge < -0.3 is 10.5 Å². The zero-order valence-electron chi connectivity index (χ0n) is 13.6. The molecule has 1 aromatic carbocycles. The molecule has 0 aliphatic heterocycles. The van der Waals surface area contributed by atoms with E-state index < -0.39 is 0 Å². The highest BCUT2D eigenvalue weighted by atomic mass is 35.5. The zero-order valence-corrected chi connectivity index (χ0v) is 14.4. The van der Waals surface area contributed by atoms with Crippen LogP contribution in [-0.2, 0) is 5.41 Å². The standard InChI is InChI=1S/C17H24ClN3O/c1-5-22-15-7-6-11(8-13(15)18)12(10-19)14-9-16(21-20-14)17(2,3)4/h6-9,12H,5,10,19H2,1-4H3,(H,20,21). The number of nitrogens with one attached hydrogen (secondary N) is 1. The van der Waals surface area contributed by atoms with Crippen LogP contribution in [0.4, 0.5) is 0 Å². The second-order valence-corrected chi connectivity index (χ2v) is 6.78. The summed E-state index contributed by atoms with van der Waals surface area (Å²) >= 11 is 6.28. The van der Waals surface area contributed by atoms with Crippen LogP contribution < -0.4 is 10.5 Å². The number of hydrogen-bond acceptors (Lipinski definition) is 3. The van der Waals surface area contributed by atoms with Gasteiger partial charge >= 0.3 is 0 Å². The third-order valence-corrected chi connectivity index (χ3v) is 3.93. The van der Waals surface area contributed by atoms with E-state index in [9.17, 15) is 0 Å². The van der Waals surface area contributed by atoms with Crippen molar-refractivity contribution in [1.29, 1.82) is 0 Å². The lowest BCUT2D eigenvalue weighted by Gasteiger charge is -2.16. The van der Waals surface area contributed by atoms with E-state index in [1.54, 1.807) is 0 Å². The van der Waals surface area contributed by atoms with Gasteiger partial charge in [-0.1, -0.05) is 38.4 Å². The molecule has 1 heterocycles. The van der Waals surface area contributed by atoms with Crippen LogP contribution in [0.25, 0.3) is 0 Å². The molecular weight excluding hydrogens is 298 g/mol. The predicted molar refractivity (Wildman–Crippen MR) is 90.8 cm³/mol. The minimum absolute atomic E-state index is 0.00433. The van der Waals surface area contributed by atoms with Crippen LogP contribution in [0.3, 0.4) is 0 Å². The maximum Gasteiger partial charge on any atom is 0.137 e. The van der Waals surface area contributed by atoms with Crippen LogP contribution in [-0.4, -0.2) is 23.3 Å². The van der Waals surface area contributed by atoms with Gasteiger partial charge in [0.05, 0.1) is 17.3 Å². The summed E-state index contributed by atoms with van der Waals surface area (Å²) in [7, 11) is 0. The van der Waals surface area contributed by atoms with Crippen LogP contribution in [0.2, 0.25) is 5.02 Å². The molecule has 0 aliphatic rings. The zero-order chi connectivity index (χ0) is 16.3. The van der Waals surface area contributed by atoms with Crippen molar-refractivity contribution >= 4 is 11.6 Å². The van der Waals surface area contributed by atoms with E-state index in [4.69, 9.17) is 22.1 Å². The summed E-state index contributed by atoms with van der Waals surface area (Å²) in [4.78, 5) is 0. The molecule has 22 heavy (non-hydrogen) atoms. The Morgan fingerprint density at radius 3 is 2.55 bits per heavy atom. The molecular formula is C17H24ClN3O. The van der Waals surface area contributed by atoms with E-state index >= 15 is 0 Å². The molecule has 3 N–H and O–H groups in total. The van der Waals surface area contributed by atoms with E-state index in [1.807, 2.05) is 25.1 Å². The molecule has 1 unspecified atom stereocenters. The first-order chi connectivity index (χ1) is 10.4. The van der Waals surface area contributed by atoms with Crippen molar-refractivity contribution in [3.63, 3.8) is 0 Å². The Morgan fingerprint density at radius 2 is 2.05 bits per heavy atom. The number of ether oxygens (including phenoxy) is 1. The Balaban J connectivity index is 2.32. The molecule has 0 amide bonds. The molecule has 0 saturated carbocycles. The predicted octanol–water partition coefficient (Wildman–Crippen LogP) is 3.85. The first-order valence-corrected chi connectivity index (χ1v) is 7.92. The van der Waals surface area contributed by atoms with E-state index in [2.05, 4.69) is 37.0 Å². The van der Waals surface area contributed by atoms with Gasteiger partial charge in [0.1, 0.15) is 5.75 Å². The third-order valence-electron chi connectivity index (χ3n) is 3.64. The van der Waals surface area contributed by atoms with Crippen LogP contribution in [0, 0.1) is 0 Å². The summed E-state index contributed by atoms with van der Waals surface area (Å²) in [5.41, 5.74) is 9.07. The smallest absolute Gasteiger partial charge is 0.137 e. The number of aromatic amines is 1. The van der Waals surface area contributed by atoms with Gasteiger partial charge in [0, 0.05) is 23.6 Å². The molecule has 1 aromatic heterocycles. The monoisotopic (exact) mass is 321 g/mol. The highest BCUT2D eigenvalue weighted by Crippen LogP contribution is 2.32. The average molecular weight is 322 g/mol. The second-order valence-electron chi connectivity index (χ2n) is 6.37. The molecule has 0 fully saturated rings. The maximum absolute atomic E-state index is 6.28. The van der Waals surface area contributed by atoms with E-state index in [0.717, 1.165) is 17.0 Å². The topological polar surface area (TPSA) is 63.9 Å². The Labute approximate surface area is 137 Å². The maximum atomic E-state index is 6.28. The van der Waals surface area contributed by atoms with Gasteiger partial charge in [-0.3, -0.25) is 5.10 Å². The summed E-state index contributed by atoms with van der Waals surface area (Å²) in [5.74, 6) is 0.737. The molecule has 5 heteroatoms. The normalized spacial score (nSPS) is 13.2. The molecule has 0 saturated heterocycles. The third kappa shape index (κ3) is 3.62. The van der Waals surface area contributed by atoms with Crippen LogP contribution in [0.1, 0.15) is 50.6 Å². The summed E-state index contributed by atoms with van der Waals surface area (Å²) in [6.45, 7) is 9.42. The van der Waals surface area contributed by atoms with E-state index in [1.165, 1.54) is 0 Å². The molecule has 0 aliphatic carbocycles. The molecule has 2 aromatic rings. The van der Waals surface area contributed by atoms with Crippen molar-refractivity contribution in [3.05, 3.63) is 46.2 Å². The number of benzene rings is 1. The summed E-state index contributed by atoms with van der Waals surface area (Å²) < 4.78 is 5.48. The first kappa shape index (κ1) is 16.8. The Bertz CT molecular complexity index is 631. The van der Waals surface area contributed by atoms with Gasteiger partial charge in [-0.25, -0.2) is 0 Å². The number of nitrogens with zero attached hydrogens (tertiary/aromatic N) is 1. The Hall–Kier alpha value is -1.52. The minimum atomic E-state index is 0.00433. The summed E-state index contributed by atoms with van der Waals surface area (Å²) in [6.07, 6.45) is 0. The fraction of sp³-hybridized carbons (Fsp3) is 0.471. The number of hydrogen-bond donors (Lipinski definition) is 2. The minimum Gasteiger partial charge on any atom is -0.492 e. The fourth-order valence-corrected chi connectivity index (χ4v) is 2.59. The molecule has 2 rings (SSSR count). The van der Waals surface area contributed by atoms with Crippen molar-refractivity contribution in [2.75, 3.05) is 13.2 Å². The molecule has 4 nitrogen and oxygen atoms in total. The molecule has 0 radical (unpaired) electrons. The molecule has 120 valence electrons. The van der Waals surface area contributed by atoms with Crippen molar-refractivity contribution in [2.45, 2.75) is 39.0 Å². The summed E-state index contributed by atoms with van der Waals surface area (Å²) in [5, 5.41) is 8.13. The average Bonchev–Trinajstić information content (AvgIpc) is 2.92. The number of H-pyrrole nitrogens is 1. The SMILES string of the molecule is CCOc1ccc(C(CN)c2cc(C(C)(C)C)n[nH]2)cc1Cl. The largest absolute Gasteiger partial charge is 0.492 e. The van der Waals surface area contributed by atoms with Gasteiger partial charge in [0.15, 0.2) is 0 Å². The lowest BCUT2D eigenvalue weighted by atomic mass is 9.90. The van der Waals surface area contributed by atoms with Crippen LogP contribution >= 0.6 is 11.6 Å². The number of halogens is 1. The van der Waals surface area contributed by atoms with Crippen LogP contribution in [0.15, 0.2) is 24.3 Å². The van der Waals surface area contributed by atoms with Gasteiger partial charge in [-0.15, -0.1) is 0 Å². The Kier molecular flexibility index (Phi) is 5.14. The highest BCUT2D eigenvalue weighted by Gasteiger charge is 2.21. The van der Waals surface area contributed by atoms with Crippen molar-refractivity contribution in [3.8, 4) is 5.75 Å². The molecule has 0 spiro atoms. The number of aromatic nitrogens is 2. The molecule has 0 bridgehead atoms. The van der Waals surface area contributed by atoms with Gasteiger partial charge in [-0.2, -0.15) is 5.10 Å². The van der Waals surface area contributed by atoms with Gasteiger partial charge in [0.2, 0.25) is 0 Å². The van der Waals surface area contributed by atoms with Crippen molar-refractivity contribution < 1.29 is 4.74 Å². The summed E-state index contributed by atoms with van der Waals surface area (Å²) in [6, 6.07) is 7.90. The van der Waals surface area contributed by atoms with E-state index in [0.29, 0.717) is 23.9 Å². The van der Waals surface area contributed by atoms with Gasteiger partial charge in [0.25, 0.3) is 0 Å². The first-order valence-electron chi connectivity index (χ1n) is 7.55. The quantitative estimate of drug-likeness (QED) is 0.879. The van der Waals surface area contributed by atoms with Crippen LogP contribution in [0.5, 0.6) is 5.75 Å². The fourth-order valence-electron chi connectivity index (χ4n) is 2.35. The van der Waals surface area contributed by atoms with Gasteiger partial charge in [-0.05, 0) is 30.7 Å². The van der Waals surface area contributed by atoms with E-state index in [-0.39, 0.29) is 11.3 Å². The second kappa shape index (κ2) is 6.71. The lowest BCUT2D eigenvalue weighted by Crippen LogP contribution is -2.14. The number of rotatable bonds is 5. The Morgan fingerprint density at radius 1 is 1.32 bits per heavy atom.